The topological polar surface area (TPSA) is 20.2 Å². The van der Waals surface area contributed by atoms with Gasteiger partial charge in [-0.15, -0.1) is 6.58 Å². The summed E-state index contributed by atoms with van der Waals surface area (Å²) in [5, 5.41) is 10.3. The Balaban J connectivity index is 2.72. The molecule has 0 heterocycles. The van der Waals surface area contributed by atoms with E-state index in [0.29, 0.717) is 0 Å². The molecular weight excluding hydrogens is 196 g/mol. The van der Waals surface area contributed by atoms with E-state index in [9.17, 15) is 5.11 Å². The molecule has 1 rings (SSSR count). The molecule has 1 heteroatoms. The lowest BCUT2D eigenvalue weighted by Crippen LogP contribution is -2.24. The Morgan fingerprint density at radius 2 is 1.94 bits per heavy atom. The predicted octanol–water partition coefficient (Wildman–Crippen LogP) is 3.75. The summed E-state index contributed by atoms with van der Waals surface area (Å²) < 4.78 is 0. The largest absolute Gasteiger partial charge is 0.392 e. The van der Waals surface area contributed by atoms with Gasteiger partial charge in [0.1, 0.15) is 0 Å². The van der Waals surface area contributed by atoms with Gasteiger partial charge in [-0.25, -0.2) is 0 Å². The molecule has 1 aromatic carbocycles. The van der Waals surface area contributed by atoms with Crippen LogP contribution < -0.4 is 0 Å². The quantitative estimate of drug-likeness (QED) is 0.721. The molecule has 0 aliphatic rings. The van der Waals surface area contributed by atoms with Gasteiger partial charge in [0, 0.05) is 11.8 Å². The van der Waals surface area contributed by atoms with Crippen LogP contribution >= 0.6 is 0 Å². The van der Waals surface area contributed by atoms with Gasteiger partial charge in [-0.2, -0.15) is 0 Å². The Hall–Kier alpha value is -1.08. The first-order chi connectivity index (χ1) is 7.70. The van der Waals surface area contributed by atoms with E-state index in [1.54, 1.807) is 0 Å². The van der Waals surface area contributed by atoms with Crippen molar-refractivity contribution in [2.24, 2.45) is 5.92 Å². The average Bonchev–Trinajstić information content (AvgIpc) is 2.35. The van der Waals surface area contributed by atoms with E-state index in [1.165, 1.54) is 5.56 Å². The highest BCUT2D eigenvalue weighted by molar-refractivity contribution is 5.20. The van der Waals surface area contributed by atoms with Crippen LogP contribution in [0.15, 0.2) is 43.0 Å². The molecule has 0 saturated carbocycles. The molecule has 3 atom stereocenters. The fraction of sp³-hybridized carbons (Fsp3) is 0.467. The number of rotatable bonds is 6. The van der Waals surface area contributed by atoms with Gasteiger partial charge >= 0.3 is 0 Å². The lowest BCUT2D eigenvalue weighted by molar-refractivity contribution is 0.102. The summed E-state index contributed by atoms with van der Waals surface area (Å²) in [6, 6.07) is 10.2. The SMILES string of the molecule is C=CC(CCC)[C@@H](O)[C@H](C)c1ccccc1. The van der Waals surface area contributed by atoms with Crippen molar-refractivity contribution in [1.29, 1.82) is 0 Å². The Morgan fingerprint density at radius 1 is 1.31 bits per heavy atom. The zero-order valence-electron chi connectivity index (χ0n) is 10.3. The van der Waals surface area contributed by atoms with Crippen LogP contribution in [0.25, 0.3) is 0 Å². The molecule has 0 aliphatic heterocycles. The van der Waals surface area contributed by atoms with Gasteiger partial charge < -0.3 is 5.11 Å². The van der Waals surface area contributed by atoms with Crippen LogP contribution in [0.2, 0.25) is 0 Å². The van der Waals surface area contributed by atoms with Crippen molar-refractivity contribution >= 4 is 0 Å². The molecule has 0 saturated heterocycles. The minimum atomic E-state index is -0.333. The Bertz CT molecular complexity index is 304. The summed E-state index contributed by atoms with van der Waals surface area (Å²) in [6.45, 7) is 8.03. The van der Waals surface area contributed by atoms with Crippen molar-refractivity contribution in [3.63, 3.8) is 0 Å². The van der Waals surface area contributed by atoms with E-state index in [-0.39, 0.29) is 17.9 Å². The second kappa shape index (κ2) is 6.49. The lowest BCUT2D eigenvalue weighted by atomic mass is 9.85. The van der Waals surface area contributed by atoms with Gasteiger partial charge in [0.2, 0.25) is 0 Å². The monoisotopic (exact) mass is 218 g/mol. The fourth-order valence-corrected chi connectivity index (χ4v) is 2.09. The zero-order valence-corrected chi connectivity index (χ0v) is 10.3. The first-order valence-electron chi connectivity index (χ1n) is 6.06. The molecule has 0 fully saturated rings. The normalized spacial score (nSPS) is 16.4. The van der Waals surface area contributed by atoms with Crippen LogP contribution in [0.4, 0.5) is 0 Å². The third kappa shape index (κ3) is 3.21. The van der Waals surface area contributed by atoms with Crippen molar-refractivity contribution in [3.8, 4) is 0 Å². The van der Waals surface area contributed by atoms with Crippen molar-refractivity contribution in [2.45, 2.75) is 38.7 Å². The third-order valence-corrected chi connectivity index (χ3v) is 3.20. The fourth-order valence-electron chi connectivity index (χ4n) is 2.09. The maximum absolute atomic E-state index is 10.3. The summed E-state index contributed by atoms with van der Waals surface area (Å²) in [5.74, 6) is 0.357. The molecule has 1 nitrogen and oxygen atoms in total. The standard InChI is InChI=1S/C15H22O/c1-4-9-13(5-2)15(16)12(3)14-10-7-6-8-11-14/h5-8,10-13,15-16H,2,4,9H2,1,3H3/t12-,13?,15+/m1/s1. The van der Waals surface area contributed by atoms with E-state index in [1.807, 2.05) is 24.3 Å². The average molecular weight is 218 g/mol. The van der Waals surface area contributed by atoms with Gasteiger partial charge in [-0.3, -0.25) is 0 Å². The van der Waals surface area contributed by atoms with Gasteiger partial charge in [0.15, 0.2) is 0 Å². The van der Waals surface area contributed by atoms with E-state index < -0.39 is 0 Å². The summed E-state index contributed by atoms with van der Waals surface area (Å²) >= 11 is 0. The van der Waals surface area contributed by atoms with E-state index in [2.05, 4.69) is 32.6 Å². The molecule has 0 amide bonds. The Morgan fingerprint density at radius 3 is 2.44 bits per heavy atom. The Kier molecular flexibility index (Phi) is 5.27. The van der Waals surface area contributed by atoms with Crippen LogP contribution in [0.1, 0.15) is 38.2 Å². The summed E-state index contributed by atoms with van der Waals surface area (Å²) in [5.41, 5.74) is 1.19. The highest BCUT2D eigenvalue weighted by atomic mass is 16.3. The van der Waals surface area contributed by atoms with Crippen molar-refractivity contribution in [1.82, 2.24) is 0 Å². The summed E-state index contributed by atoms with van der Waals surface area (Å²) in [4.78, 5) is 0. The van der Waals surface area contributed by atoms with Crippen LogP contribution in [-0.2, 0) is 0 Å². The number of hydrogen-bond acceptors (Lipinski definition) is 1. The van der Waals surface area contributed by atoms with Crippen LogP contribution in [0, 0.1) is 5.92 Å². The maximum Gasteiger partial charge on any atom is 0.0668 e. The lowest BCUT2D eigenvalue weighted by Gasteiger charge is -2.25. The van der Waals surface area contributed by atoms with Gasteiger partial charge in [0.25, 0.3) is 0 Å². The van der Waals surface area contributed by atoms with E-state index in [0.717, 1.165) is 12.8 Å². The number of benzene rings is 1. The van der Waals surface area contributed by atoms with Crippen LogP contribution in [0.3, 0.4) is 0 Å². The molecule has 0 spiro atoms. The number of hydrogen-bond donors (Lipinski definition) is 1. The molecule has 0 radical (unpaired) electrons. The minimum absolute atomic E-state index is 0.163. The first-order valence-corrected chi connectivity index (χ1v) is 6.06. The van der Waals surface area contributed by atoms with Crippen molar-refractivity contribution < 1.29 is 5.11 Å². The van der Waals surface area contributed by atoms with E-state index in [4.69, 9.17) is 0 Å². The van der Waals surface area contributed by atoms with Crippen LogP contribution in [0.5, 0.6) is 0 Å². The molecular formula is C15H22O. The van der Waals surface area contributed by atoms with Crippen molar-refractivity contribution in [3.05, 3.63) is 48.6 Å². The molecule has 0 bridgehead atoms. The molecule has 0 aromatic heterocycles. The first kappa shape index (κ1) is 13.0. The molecule has 1 N–H and O–H groups in total. The second-order valence-corrected chi connectivity index (χ2v) is 4.38. The minimum Gasteiger partial charge on any atom is -0.392 e. The zero-order chi connectivity index (χ0) is 12.0. The van der Waals surface area contributed by atoms with Crippen molar-refractivity contribution in [2.75, 3.05) is 0 Å². The van der Waals surface area contributed by atoms with Gasteiger partial charge in [-0.05, 0) is 12.0 Å². The number of aliphatic hydroxyl groups excluding tert-OH is 1. The molecule has 1 unspecified atom stereocenters. The van der Waals surface area contributed by atoms with Gasteiger partial charge in [-0.1, -0.05) is 56.7 Å². The highest BCUT2D eigenvalue weighted by Crippen LogP contribution is 2.26. The summed E-state index contributed by atoms with van der Waals surface area (Å²) in [7, 11) is 0. The Labute approximate surface area is 98.8 Å². The molecule has 0 aliphatic carbocycles. The number of aliphatic hydroxyl groups is 1. The second-order valence-electron chi connectivity index (χ2n) is 4.38. The highest BCUT2D eigenvalue weighted by Gasteiger charge is 2.22. The smallest absolute Gasteiger partial charge is 0.0668 e. The van der Waals surface area contributed by atoms with E-state index >= 15 is 0 Å². The molecule has 88 valence electrons. The predicted molar refractivity (Wildman–Crippen MR) is 69.5 cm³/mol. The summed E-state index contributed by atoms with van der Waals surface area (Å²) in [6.07, 6.45) is 3.63. The maximum atomic E-state index is 10.3. The molecule has 1 aromatic rings. The molecule has 16 heavy (non-hydrogen) atoms. The van der Waals surface area contributed by atoms with Crippen LogP contribution in [-0.4, -0.2) is 11.2 Å². The third-order valence-electron chi connectivity index (χ3n) is 3.20. The van der Waals surface area contributed by atoms with Gasteiger partial charge in [0.05, 0.1) is 6.10 Å².